The van der Waals surface area contributed by atoms with Crippen molar-refractivity contribution in [2.45, 2.75) is 32.2 Å². The largest absolute Gasteiger partial charge is 0.389 e. The van der Waals surface area contributed by atoms with E-state index in [0.717, 1.165) is 17.2 Å². The maximum Gasteiger partial charge on any atom is 0.106 e. The molecule has 0 spiro atoms. The van der Waals surface area contributed by atoms with Gasteiger partial charge < -0.3 is 11.1 Å². The number of nitrogens with one attached hydrogen (secondary N) is 1. The summed E-state index contributed by atoms with van der Waals surface area (Å²) in [5.74, 6) is 0.893. The Balaban J connectivity index is 2.11. The van der Waals surface area contributed by atoms with Crippen LogP contribution in [0.2, 0.25) is 5.02 Å². The molecule has 1 aliphatic rings. The Labute approximate surface area is 113 Å². The van der Waals surface area contributed by atoms with Crippen LogP contribution in [-0.2, 0) is 0 Å². The van der Waals surface area contributed by atoms with Gasteiger partial charge in [-0.15, -0.1) is 0 Å². The summed E-state index contributed by atoms with van der Waals surface area (Å²) in [5.41, 5.74) is 7.51. The molecule has 0 bridgehead atoms. The summed E-state index contributed by atoms with van der Waals surface area (Å²) >= 11 is 11.0. The highest BCUT2D eigenvalue weighted by Gasteiger charge is 2.23. The summed E-state index contributed by atoms with van der Waals surface area (Å²) in [5, 5.41) is 4.15. The highest BCUT2D eigenvalue weighted by atomic mass is 35.5. The molecular weight excluding hydrogens is 252 g/mol. The van der Waals surface area contributed by atoms with Gasteiger partial charge in [-0.3, -0.25) is 0 Å². The smallest absolute Gasteiger partial charge is 0.106 e. The molecule has 1 aromatic carbocycles. The van der Waals surface area contributed by atoms with Gasteiger partial charge in [0, 0.05) is 22.3 Å². The molecule has 0 aliphatic heterocycles. The number of rotatable bonds is 5. The van der Waals surface area contributed by atoms with E-state index in [1.54, 1.807) is 0 Å². The van der Waals surface area contributed by atoms with Gasteiger partial charge in [-0.05, 0) is 37.5 Å². The first-order valence-corrected chi connectivity index (χ1v) is 6.71. The van der Waals surface area contributed by atoms with Gasteiger partial charge in [0.25, 0.3) is 0 Å². The van der Waals surface area contributed by atoms with E-state index in [4.69, 9.17) is 29.6 Å². The third kappa shape index (κ3) is 3.58. The Kier molecular flexibility index (Phi) is 3.89. The molecule has 3 N–H and O–H groups in total. The summed E-state index contributed by atoms with van der Waals surface area (Å²) in [6, 6.07) is 6.00. The topological polar surface area (TPSA) is 38.0 Å². The molecule has 4 heteroatoms. The van der Waals surface area contributed by atoms with Gasteiger partial charge in [0.15, 0.2) is 0 Å². The maximum absolute atomic E-state index is 6.00. The number of halogens is 1. The van der Waals surface area contributed by atoms with Crippen LogP contribution in [0.3, 0.4) is 0 Å². The van der Waals surface area contributed by atoms with Crippen LogP contribution in [0.1, 0.15) is 31.7 Å². The predicted molar refractivity (Wildman–Crippen MR) is 77.8 cm³/mol. The summed E-state index contributed by atoms with van der Waals surface area (Å²) < 4.78 is 0. The zero-order valence-electron chi connectivity index (χ0n) is 9.87. The van der Waals surface area contributed by atoms with E-state index in [1.165, 1.54) is 19.3 Å². The molecule has 1 aromatic rings. The van der Waals surface area contributed by atoms with E-state index < -0.39 is 0 Å². The molecule has 1 fully saturated rings. The van der Waals surface area contributed by atoms with Crippen LogP contribution in [0.5, 0.6) is 0 Å². The van der Waals surface area contributed by atoms with Crippen molar-refractivity contribution in [2.24, 2.45) is 11.7 Å². The zero-order chi connectivity index (χ0) is 12.4. The second-order valence-corrected chi connectivity index (χ2v) is 5.65. The normalized spacial score (nSPS) is 16.6. The first-order chi connectivity index (χ1) is 8.06. The van der Waals surface area contributed by atoms with Gasteiger partial charge in [0.2, 0.25) is 0 Å². The highest BCUT2D eigenvalue weighted by molar-refractivity contribution is 7.80. The Hall–Kier alpha value is -0.800. The molecule has 2 nitrogen and oxygen atoms in total. The number of benzene rings is 1. The van der Waals surface area contributed by atoms with Crippen molar-refractivity contribution >= 4 is 34.5 Å². The standard InChI is InChI=1S/C13H17ClN2S/c1-8(6-9-2-3-9)16-12-7-10(14)4-5-11(12)13(15)17/h4-5,7-9,16H,2-3,6H2,1H3,(H2,15,17). The molecule has 0 amide bonds. The van der Waals surface area contributed by atoms with E-state index in [-0.39, 0.29) is 0 Å². The SMILES string of the molecule is CC(CC1CC1)Nc1cc(Cl)ccc1C(N)=S. The van der Waals surface area contributed by atoms with E-state index in [1.807, 2.05) is 18.2 Å². The first-order valence-electron chi connectivity index (χ1n) is 5.92. The summed E-state index contributed by atoms with van der Waals surface area (Å²) in [7, 11) is 0. The minimum Gasteiger partial charge on any atom is -0.389 e. The average Bonchev–Trinajstić information content (AvgIpc) is 3.00. The molecule has 1 aliphatic carbocycles. The monoisotopic (exact) mass is 268 g/mol. The number of anilines is 1. The number of hydrogen-bond donors (Lipinski definition) is 2. The van der Waals surface area contributed by atoms with Crippen molar-refractivity contribution in [1.82, 2.24) is 0 Å². The number of thiocarbonyl (C=S) groups is 1. The lowest BCUT2D eigenvalue weighted by molar-refractivity contribution is 0.642. The first kappa shape index (κ1) is 12.7. The van der Waals surface area contributed by atoms with Crippen LogP contribution >= 0.6 is 23.8 Å². The van der Waals surface area contributed by atoms with Gasteiger partial charge in [0.1, 0.15) is 4.99 Å². The van der Waals surface area contributed by atoms with Gasteiger partial charge >= 0.3 is 0 Å². The second-order valence-electron chi connectivity index (χ2n) is 4.78. The van der Waals surface area contributed by atoms with Gasteiger partial charge in [-0.25, -0.2) is 0 Å². The number of hydrogen-bond acceptors (Lipinski definition) is 2. The van der Waals surface area contributed by atoms with Gasteiger partial charge in [-0.2, -0.15) is 0 Å². The fourth-order valence-corrected chi connectivity index (χ4v) is 2.38. The predicted octanol–water partition coefficient (Wildman–Crippen LogP) is 3.57. The van der Waals surface area contributed by atoms with E-state index in [0.29, 0.717) is 16.1 Å². The summed E-state index contributed by atoms with van der Waals surface area (Å²) in [6.45, 7) is 2.18. The molecule has 0 aromatic heterocycles. The minimum atomic E-state index is 0.405. The summed E-state index contributed by atoms with van der Waals surface area (Å²) in [4.78, 5) is 0.405. The number of nitrogens with two attached hydrogens (primary N) is 1. The molecule has 92 valence electrons. The van der Waals surface area contributed by atoms with Gasteiger partial charge in [-0.1, -0.05) is 36.7 Å². The molecule has 1 unspecified atom stereocenters. The minimum absolute atomic E-state index is 0.405. The Bertz CT molecular complexity index is 429. The van der Waals surface area contributed by atoms with Crippen LogP contribution in [0.15, 0.2) is 18.2 Å². The van der Waals surface area contributed by atoms with Gasteiger partial charge in [0.05, 0.1) is 0 Å². The molecule has 0 saturated heterocycles. The van der Waals surface area contributed by atoms with Crippen LogP contribution < -0.4 is 11.1 Å². The quantitative estimate of drug-likeness (QED) is 0.802. The second kappa shape index (κ2) is 5.23. The van der Waals surface area contributed by atoms with Crippen molar-refractivity contribution in [1.29, 1.82) is 0 Å². The maximum atomic E-state index is 6.00. The van der Waals surface area contributed by atoms with Crippen molar-refractivity contribution in [3.8, 4) is 0 Å². The Morgan fingerprint density at radius 2 is 2.29 bits per heavy atom. The molecule has 1 atom stereocenters. The molecule has 17 heavy (non-hydrogen) atoms. The van der Waals surface area contributed by atoms with Crippen LogP contribution in [0, 0.1) is 5.92 Å². The van der Waals surface area contributed by atoms with Crippen molar-refractivity contribution in [3.05, 3.63) is 28.8 Å². The fraction of sp³-hybridized carbons (Fsp3) is 0.462. The van der Waals surface area contributed by atoms with Crippen LogP contribution in [0.25, 0.3) is 0 Å². The fourth-order valence-electron chi connectivity index (χ4n) is 2.03. The lowest BCUT2D eigenvalue weighted by Gasteiger charge is -2.17. The summed E-state index contributed by atoms with van der Waals surface area (Å²) in [6.07, 6.45) is 3.93. The third-order valence-electron chi connectivity index (χ3n) is 3.03. The van der Waals surface area contributed by atoms with Crippen LogP contribution in [-0.4, -0.2) is 11.0 Å². The average molecular weight is 269 g/mol. The van der Waals surface area contributed by atoms with Crippen molar-refractivity contribution < 1.29 is 0 Å². The third-order valence-corrected chi connectivity index (χ3v) is 3.49. The van der Waals surface area contributed by atoms with Crippen molar-refractivity contribution in [3.63, 3.8) is 0 Å². The van der Waals surface area contributed by atoms with E-state index >= 15 is 0 Å². The highest BCUT2D eigenvalue weighted by Crippen LogP contribution is 2.34. The Morgan fingerprint density at radius 3 is 2.88 bits per heavy atom. The molecule has 2 rings (SSSR count). The lowest BCUT2D eigenvalue weighted by atomic mass is 10.1. The van der Waals surface area contributed by atoms with Crippen molar-refractivity contribution in [2.75, 3.05) is 5.32 Å². The molecular formula is C13H17ClN2S. The lowest BCUT2D eigenvalue weighted by Crippen LogP contribution is -2.19. The van der Waals surface area contributed by atoms with Crippen LogP contribution in [0.4, 0.5) is 5.69 Å². The molecule has 0 heterocycles. The Morgan fingerprint density at radius 1 is 1.59 bits per heavy atom. The van der Waals surface area contributed by atoms with E-state index in [9.17, 15) is 0 Å². The molecule has 1 saturated carbocycles. The molecule has 0 radical (unpaired) electrons. The van der Waals surface area contributed by atoms with E-state index in [2.05, 4.69) is 12.2 Å². The zero-order valence-corrected chi connectivity index (χ0v) is 11.4.